The van der Waals surface area contributed by atoms with Gasteiger partial charge >= 0.3 is 5.97 Å². The number of carbonyl (C=O) groups is 1. The van der Waals surface area contributed by atoms with Crippen LogP contribution in [0.1, 0.15) is 10.5 Å². The summed E-state index contributed by atoms with van der Waals surface area (Å²) in [6.07, 6.45) is 0. The van der Waals surface area contributed by atoms with Crippen LogP contribution >= 0.6 is 23.2 Å². The van der Waals surface area contributed by atoms with Gasteiger partial charge in [0.25, 0.3) is 0 Å². The molecule has 5 nitrogen and oxygen atoms in total. The molecule has 0 unspecified atom stereocenters. The van der Waals surface area contributed by atoms with E-state index in [4.69, 9.17) is 23.2 Å². The number of nitrogens with zero attached hydrogens (tertiary/aromatic N) is 3. The first-order chi connectivity index (χ1) is 9.52. The molecule has 0 spiro atoms. The first-order valence-corrected chi connectivity index (χ1v) is 6.39. The summed E-state index contributed by atoms with van der Waals surface area (Å²) in [6, 6.07) is 8.69. The van der Waals surface area contributed by atoms with E-state index in [2.05, 4.69) is 14.9 Å². The molecule has 0 bridgehead atoms. The number of esters is 1. The van der Waals surface area contributed by atoms with Crippen molar-refractivity contribution in [3.63, 3.8) is 0 Å². The van der Waals surface area contributed by atoms with Crippen molar-refractivity contribution in [2.24, 2.45) is 0 Å². The van der Waals surface area contributed by atoms with Crippen molar-refractivity contribution in [2.45, 2.75) is 0 Å². The fourth-order valence-corrected chi connectivity index (χ4v) is 1.93. The van der Waals surface area contributed by atoms with E-state index in [0.29, 0.717) is 10.7 Å². The Morgan fingerprint density at radius 2 is 1.85 bits per heavy atom. The Labute approximate surface area is 126 Å². The van der Waals surface area contributed by atoms with Crippen LogP contribution in [0.2, 0.25) is 10.2 Å². The fraction of sp³-hybridized carbons (Fsp3) is 0.154. The van der Waals surface area contributed by atoms with Gasteiger partial charge in [0.1, 0.15) is 0 Å². The molecule has 0 radical (unpaired) electrons. The van der Waals surface area contributed by atoms with E-state index < -0.39 is 5.97 Å². The van der Waals surface area contributed by atoms with E-state index in [0.717, 1.165) is 5.69 Å². The molecule has 1 heterocycles. The van der Waals surface area contributed by atoms with Gasteiger partial charge in [-0.2, -0.15) is 0 Å². The van der Waals surface area contributed by atoms with Crippen LogP contribution in [0.4, 0.5) is 11.4 Å². The van der Waals surface area contributed by atoms with Crippen molar-refractivity contribution in [1.29, 1.82) is 0 Å². The largest absolute Gasteiger partial charge is 0.464 e. The average molecular weight is 312 g/mol. The molecule has 20 heavy (non-hydrogen) atoms. The van der Waals surface area contributed by atoms with Gasteiger partial charge in [0.15, 0.2) is 10.8 Å². The summed E-state index contributed by atoms with van der Waals surface area (Å²) in [7, 11) is 3.06. The molecule has 0 N–H and O–H groups in total. The lowest BCUT2D eigenvalue weighted by atomic mass is 10.2. The minimum absolute atomic E-state index is 0.0920. The van der Waals surface area contributed by atoms with E-state index in [1.54, 1.807) is 30.1 Å². The van der Waals surface area contributed by atoms with E-state index in [-0.39, 0.29) is 10.8 Å². The van der Waals surface area contributed by atoms with Crippen molar-refractivity contribution in [1.82, 2.24) is 10.2 Å². The molecule has 2 aromatic rings. The molecule has 1 aromatic heterocycles. The van der Waals surface area contributed by atoms with Crippen LogP contribution in [0.25, 0.3) is 0 Å². The molecule has 0 aliphatic heterocycles. The Hall–Kier alpha value is -1.85. The highest BCUT2D eigenvalue weighted by atomic mass is 35.5. The second-order valence-corrected chi connectivity index (χ2v) is 4.75. The number of hydrogen-bond donors (Lipinski definition) is 0. The van der Waals surface area contributed by atoms with Crippen LogP contribution < -0.4 is 4.90 Å². The number of ether oxygens (including phenoxy) is 1. The zero-order chi connectivity index (χ0) is 14.7. The Kier molecular flexibility index (Phi) is 4.42. The van der Waals surface area contributed by atoms with Gasteiger partial charge in [0.05, 0.1) is 12.8 Å². The summed E-state index contributed by atoms with van der Waals surface area (Å²) < 4.78 is 4.69. The molecular weight excluding hydrogens is 301 g/mol. The molecule has 2 rings (SSSR count). The first-order valence-electron chi connectivity index (χ1n) is 5.63. The zero-order valence-corrected chi connectivity index (χ0v) is 12.3. The Morgan fingerprint density at radius 1 is 1.20 bits per heavy atom. The van der Waals surface area contributed by atoms with E-state index in [1.807, 2.05) is 12.1 Å². The lowest BCUT2D eigenvalue weighted by Crippen LogP contribution is -2.17. The van der Waals surface area contributed by atoms with Crippen LogP contribution in [0.5, 0.6) is 0 Å². The number of halogens is 2. The SMILES string of the molecule is COC(=O)c1nnc(Cl)cc1N(C)c1ccc(Cl)cc1. The summed E-state index contributed by atoms with van der Waals surface area (Å²) >= 11 is 11.7. The van der Waals surface area contributed by atoms with Crippen LogP contribution in [0.15, 0.2) is 30.3 Å². The molecule has 104 valence electrons. The maximum Gasteiger partial charge on any atom is 0.360 e. The normalized spacial score (nSPS) is 10.2. The van der Waals surface area contributed by atoms with E-state index in [1.165, 1.54) is 7.11 Å². The van der Waals surface area contributed by atoms with Crippen molar-refractivity contribution < 1.29 is 9.53 Å². The van der Waals surface area contributed by atoms with Crippen LogP contribution in [0.3, 0.4) is 0 Å². The highest BCUT2D eigenvalue weighted by Gasteiger charge is 2.19. The summed E-state index contributed by atoms with van der Waals surface area (Å²) in [5, 5.41) is 8.27. The number of methoxy groups -OCH3 is 1. The van der Waals surface area contributed by atoms with Gasteiger partial charge in [-0.15, -0.1) is 10.2 Å². The number of hydrogen-bond acceptors (Lipinski definition) is 5. The molecular formula is C13H11Cl2N3O2. The number of carbonyl (C=O) groups excluding carboxylic acids is 1. The topological polar surface area (TPSA) is 55.3 Å². The molecule has 0 amide bonds. The molecule has 0 saturated heterocycles. The summed E-state index contributed by atoms with van der Waals surface area (Å²) in [4.78, 5) is 13.5. The second-order valence-electron chi connectivity index (χ2n) is 3.93. The molecule has 0 aliphatic rings. The smallest absolute Gasteiger partial charge is 0.360 e. The van der Waals surface area contributed by atoms with Gasteiger partial charge in [0, 0.05) is 23.8 Å². The van der Waals surface area contributed by atoms with Gasteiger partial charge in [0.2, 0.25) is 0 Å². The predicted molar refractivity (Wildman–Crippen MR) is 77.9 cm³/mol. The van der Waals surface area contributed by atoms with Gasteiger partial charge in [-0.05, 0) is 24.3 Å². The zero-order valence-electron chi connectivity index (χ0n) is 10.8. The quantitative estimate of drug-likeness (QED) is 0.814. The standard InChI is InChI=1S/C13H11Cl2N3O2/c1-18(9-5-3-8(14)4-6-9)10-7-11(15)16-17-12(10)13(19)20-2/h3-7H,1-2H3. The minimum Gasteiger partial charge on any atom is -0.464 e. The Balaban J connectivity index is 2.47. The minimum atomic E-state index is -0.579. The third-order valence-corrected chi connectivity index (χ3v) is 3.13. The highest BCUT2D eigenvalue weighted by molar-refractivity contribution is 6.30. The molecule has 0 fully saturated rings. The van der Waals surface area contributed by atoms with Crippen molar-refractivity contribution in [3.8, 4) is 0 Å². The van der Waals surface area contributed by atoms with Crippen LogP contribution in [-0.4, -0.2) is 30.3 Å². The lowest BCUT2D eigenvalue weighted by Gasteiger charge is -2.21. The van der Waals surface area contributed by atoms with Crippen molar-refractivity contribution in [3.05, 3.63) is 46.2 Å². The molecule has 7 heteroatoms. The third-order valence-electron chi connectivity index (χ3n) is 2.70. The van der Waals surface area contributed by atoms with Gasteiger partial charge in [-0.25, -0.2) is 4.79 Å². The fourth-order valence-electron chi connectivity index (χ4n) is 1.66. The van der Waals surface area contributed by atoms with E-state index in [9.17, 15) is 4.79 Å². The third kappa shape index (κ3) is 3.00. The first kappa shape index (κ1) is 14.6. The highest BCUT2D eigenvalue weighted by Crippen LogP contribution is 2.28. The van der Waals surface area contributed by atoms with Gasteiger partial charge < -0.3 is 9.64 Å². The average Bonchev–Trinajstić information content (AvgIpc) is 2.46. The monoisotopic (exact) mass is 311 g/mol. The van der Waals surface area contributed by atoms with Crippen LogP contribution in [0, 0.1) is 0 Å². The second kappa shape index (κ2) is 6.07. The number of rotatable bonds is 3. The number of anilines is 2. The summed E-state index contributed by atoms with van der Waals surface area (Å²) in [5.41, 5.74) is 1.41. The van der Waals surface area contributed by atoms with Crippen molar-refractivity contribution in [2.75, 3.05) is 19.1 Å². The maximum absolute atomic E-state index is 11.7. The molecule has 1 aromatic carbocycles. The number of aromatic nitrogens is 2. The lowest BCUT2D eigenvalue weighted by molar-refractivity contribution is 0.0593. The molecule has 0 atom stereocenters. The number of benzene rings is 1. The molecule has 0 saturated carbocycles. The summed E-state index contributed by atoms with van der Waals surface area (Å²) in [5.74, 6) is -0.579. The summed E-state index contributed by atoms with van der Waals surface area (Å²) in [6.45, 7) is 0. The Bertz CT molecular complexity index is 632. The van der Waals surface area contributed by atoms with Gasteiger partial charge in [-0.3, -0.25) is 0 Å². The maximum atomic E-state index is 11.7. The van der Waals surface area contributed by atoms with Crippen molar-refractivity contribution >= 4 is 40.5 Å². The Morgan fingerprint density at radius 3 is 2.45 bits per heavy atom. The van der Waals surface area contributed by atoms with Crippen LogP contribution in [-0.2, 0) is 4.74 Å². The van der Waals surface area contributed by atoms with E-state index >= 15 is 0 Å². The molecule has 0 aliphatic carbocycles. The predicted octanol–water partition coefficient (Wildman–Crippen LogP) is 3.34. The van der Waals surface area contributed by atoms with Gasteiger partial charge in [-0.1, -0.05) is 23.2 Å².